The monoisotopic (exact) mass is 730 g/mol. The maximum atomic E-state index is 13.8. The predicted molar refractivity (Wildman–Crippen MR) is 167 cm³/mol. The molecule has 8 rings (SSSR count). The standard InChI is InChI=1S/C36H42O16/c1-9-21(40)48-28-35-19-12-22(41)47-25(18-10-11-45-14-18)30(19,5)20(39)13-33(35)31(6)24(23(42)26(43)44-8)29(4)15-34(31,51-32(7,50-33)52-35)36(28,49-17(3)38)27(29)46-16(2)37/h10-12,14,20,23-25,27-28,39,42H,9,13,15H2,1-8H3/t20-,23?,24-,25-,27-,28-,29+,30-,31-,32+,33-,34+,35+,36-/m0/s1. The summed E-state index contributed by atoms with van der Waals surface area (Å²) < 4.78 is 56.4. The van der Waals surface area contributed by atoms with Crippen LogP contribution in [0.2, 0.25) is 0 Å². The van der Waals surface area contributed by atoms with Gasteiger partial charge in [0, 0.05) is 62.0 Å². The molecule has 0 aromatic carbocycles. The second kappa shape index (κ2) is 10.2. The van der Waals surface area contributed by atoms with E-state index < -0.39 is 111 Å². The molecular formula is C36H42O16. The van der Waals surface area contributed by atoms with E-state index in [0.29, 0.717) is 5.56 Å². The maximum absolute atomic E-state index is 13.8. The van der Waals surface area contributed by atoms with Crippen LogP contribution in [0.1, 0.15) is 79.4 Å². The summed E-state index contributed by atoms with van der Waals surface area (Å²) in [6.45, 7) is 10.3. The molecular weight excluding hydrogens is 688 g/mol. The van der Waals surface area contributed by atoms with E-state index in [4.69, 9.17) is 42.3 Å². The minimum atomic E-state index is -2.27. The van der Waals surface area contributed by atoms with Gasteiger partial charge in [-0.15, -0.1) is 0 Å². The Kier molecular flexibility index (Phi) is 6.92. The Balaban J connectivity index is 1.55. The molecule has 1 aromatic heterocycles. The Morgan fingerprint density at radius 1 is 1.00 bits per heavy atom. The minimum absolute atomic E-state index is 0.0408. The highest BCUT2D eigenvalue weighted by molar-refractivity contribution is 5.86. The molecule has 52 heavy (non-hydrogen) atoms. The Morgan fingerprint density at radius 2 is 1.69 bits per heavy atom. The zero-order valence-corrected chi connectivity index (χ0v) is 30.0. The van der Waals surface area contributed by atoms with Crippen molar-refractivity contribution in [2.45, 2.75) is 127 Å². The lowest BCUT2D eigenvalue weighted by atomic mass is 9.34. The van der Waals surface area contributed by atoms with Crippen molar-refractivity contribution in [3.05, 3.63) is 35.8 Å². The van der Waals surface area contributed by atoms with Gasteiger partial charge in [0.2, 0.25) is 5.60 Å². The van der Waals surface area contributed by atoms with Gasteiger partial charge in [-0.3, -0.25) is 14.4 Å². The number of hydrogen-bond donors (Lipinski definition) is 2. The molecule has 6 fully saturated rings. The normalized spacial score (nSPS) is 49.2. The number of carbonyl (C=O) groups is 5. The summed E-state index contributed by atoms with van der Waals surface area (Å²) >= 11 is 0. The summed E-state index contributed by atoms with van der Waals surface area (Å²) in [5.41, 5.74) is -12.7. The molecule has 4 bridgehead atoms. The first-order chi connectivity index (χ1) is 24.2. The molecule has 0 amide bonds. The zero-order valence-electron chi connectivity index (χ0n) is 30.0. The molecule has 16 nitrogen and oxygen atoms in total. The highest BCUT2D eigenvalue weighted by Crippen LogP contribution is 2.90. The second-order valence-electron chi connectivity index (χ2n) is 15.9. The van der Waals surface area contributed by atoms with Gasteiger partial charge in [-0.1, -0.05) is 20.8 Å². The third kappa shape index (κ3) is 3.45. The number of rotatable bonds is 7. The third-order valence-electron chi connectivity index (χ3n) is 13.6. The van der Waals surface area contributed by atoms with Crippen LogP contribution in [0.3, 0.4) is 0 Å². The van der Waals surface area contributed by atoms with Gasteiger partial charge in [0.1, 0.15) is 17.3 Å². The van der Waals surface area contributed by atoms with Crippen LogP contribution in [-0.4, -0.2) is 100.0 Å². The maximum Gasteiger partial charge on any atom is 0.335 e. The summed E-state index contributed by atoms with van der Waals surface area (Å²) in [5, 5.41) is 24.7. The third-order valence-corrected chi connectivity index (χ3v) is 13.6. The van der Waals surface area contributed by atoms with Crippen molar-refractivity contribution < 1.29 is 76.5 Å². The zero-order chi connectivity index (χ0) is 37.8. The van der Waals surface area contributed by atoms with E-state index in [1.165, 1.54) is 19.5 Å². The van der Waals surface area contributed by atoms with Crippen molar-refractivity contribution >= 4 is 29.8 Å². The van der Waals surface area contributed by atoms with Crippen molar-refractivity contribution in [1.29, 1.82) is 0 Å². The summed E-state index contributed by atoms with van der Waals surface area (Å²) in [4.78, 5) is 67.7. The lowest BCUT2D eigenvalue weighted by Crippen LogP contribution is -2.94. The van der Waals surface area contributed by atoms with Gasteiger partial charge in [-0.25, -0.2) is 9.59 Å². The molecule has 7 aliphatic rings. The van der Waals surface area contributed by atoms with Gasteiger partial charge < -0.3 is 52.5 Å². The summed E-state index contributed by atoms with van der Waals surface area (Å²) in [6, 6.07) is 1.58. The predicted octanol–water partition coefficient (Wildman–Crippen LogP) is 1.69. The van der Waals surface area contributed by atoms with E-state index in [1.807, 2.05) is 0 Å². The number of fused-ring (bicyclic) bond motifs is 3. The molecule has 1 aromatic rings. The molecule has 1 unspecified atom stereocenters. The van der Waals surface area contributed by atoms with Crippen molar-refractivity contribution in [3.63, 3.8) is 0 Å². The molecule has 16 heteroatoms. The van der Waals surface area contributed by atoms with Crippen LogP contribution < -0.4 is 0 Å². The number of hydrogen-bond acceptors (Lipinski definition) is 16. The van der Waals surface area contributed by atoms with Gasteiger partial charge in [-0.05, 0) is 25.0 Å². The van der Waals surface area contributed by atoms with Crippen molar-refractivity contribution in [2.24, 2.45) is 22.2 Å². The largest absolute Gasteiger partial charge is 0.472 e. The Labute approximate surface area is 297 Å². The van der Waals surface area contributed by atoms with Crippen LogP contribution in [0.15, 0.2) is 34.7 Å². The molecule has 4 heterocycles. The van der Waals surface area contributed by atoms with E-state index in [9.17, 15) is 34.2 Å². The van der Waals surface area contributed by atoms with Crippen LogP contribution in [0, 0.1) is 22.2 Å². The molecule has 2 spiro atoms. The SMILES string of the molecule is CCC(=O)O[C@@H]1[C@@]2(OC(C)=O)[C@@H](OC(C)=O)[C@]3(C)C[C@]24O[C@@]2(C)O[C@@]5(C[C@H](O)[C@]6(C)C(=CC(=O)O[C@H]6c6ccoc6)[C@@]15O2)[C@]4(C)[C@H]3C(O)C(=O)OC. The average molecular weight is 731 g/mol. The lowest BCUT2D eigenvalue weighted by molar-refractivity contribution is -0.478. The van der Waals surface area contributed by atoms with E-state index in [2.05, 4.69) is 0 Å². The van der Waals surface area contributed by atoms with Crippen LogP contribution in [0.4, 0.5) is 0 Å². The molecule has 14 atom stereocenters. The van der Waals surface area contributed by atoms with Crippen LogP contribution >= 0.6 is 0 Å². The van der Waals surface area contributed by atoms with E-state index in [-0.39, 0.29) is 24.8 Å². The minimum Gasteiger partial charge on any atom is -0.472 e. The smallest absolute Gasteiger partial charge is 0.335 e. The first-order valence-electron chi connectivity index (χ1n) is 17.3. The molecule has 4 aliphatic carbocycles. The molecule has 2 saturated heterocycles. The number of aliphatic hydroxyl groups excluding tert-OH is 2. The number of carbonyl (C=O) groups excluding carboxylic acids is 5. The molecule has 0 radical (unpaired) electrons. The first-order valence-corrected chi connectivity index (χ1v) is 17.3. The molecule has 2 N–H and O–H groups in total. The molecule has 3 aliphatic heterocycles. The van der Waals surface area contributed by atoms with Crippen LogP contribution in [0.5, 0.6) is 0 Å². The van der Waals surface area contributed by atoms with Crippen LogP contribution in [-0.2, 0) is 61.9 Å². The summed E-state index contributed by atoms with van der Waals surface area (Å²) in [7, 11) is 1.11. The van der Waals surface area contributed by atoms with E-state index in [1.54, 1.807) is 33.8 Å². The molecule has 282 valence electrons. The fourth-order valence-corrected chi connectivity index (χ4v) is 12.4. The lowest BCUT2D eigenvalue weighted by Gasteiger charge is -2.76. The van der Waals surface area contributed by atoms with Gasteiger partial charge in [0.25, 0.3) is 5.97 Å². The Hall–Kier alpha value is -3.83. The topological polar surface area (TPSA) is 213 Å². The highest BCUT2D eigenvalue weighted by atomic mass is 16.9. The van der Waals surface area contributed by atoms with Gasteiger partial charge in [-0.2, -0.15) is 0 Å². The Morgan fingerprint density at radius 3 is 2.29 bits per heavy atom. The first kappa shape index (κ1) is 35.2. The van der Waals surface area contributed by atoms with Gasteiger partial charge >= 0.3 is 29.8 Å². The van der Waals surface area contributed by atoms with Gasteiger partial charge in [0.15, 0.2) is 23.9 Å². The van der Waals surface area contributed by atoms with Crippen molar-refractivity contribution in [1.82, 2.24) is 0 Å². The molecule has 4 saturated carbocycles. The van der Waals surface area contributed by atoms with Crippen molar-refractivity contribution in [3.8, 4) is 0 Å². The Bertz CT molecular complexity index is 1840. The van der Waals surface area contributed by atoms with E-state index in [0.717, 1.165) is 27.0 Å². The summed E-state index contributed by atoms with van der Waals surface area (Å²) in [6.07, 6.45) is -4.63. The fourth-order valence-electron chi connectivity index (χ4n) is 12.4. The van der Waals surface area contributed by atoms with Crippen LogP contribution in [0.25, 0.3) is 0 Å². The quantitative estimate of drug-likeness (QED) is 0.302. The number of methoxy groups -OCH3 is 1. The van der Waals surface area contributed by atoms with E-state index >= 15 is 0 Å². The summed E-state index contributed by atoms with van der Waals surface area (Å²) in [5.74, 6) is -7.71. The highest BCUT2D eigenvalue weighted by Gasteiger charge is 3.05. The van der Waals surface area contributed by atoms with Crippen molar-refractivity contribution in [2.75, 3.05) is 7.11 Å². The number of ether oxygens (including phenoxy) is 8. The second-order valence-corrected chi connectivity index (χ2v) is 15.9. The number of cyclic esters (lactones) is 1. The fraction of sp³-hybridized carbons (Fsp3) is 0.694. The average Bonchev–Trinajstić information content (AvgIpc) is 3.76. The number of aliphatic hydroxyl groups is 2. The number of esters is 5. The number of furan rings is 1. The van der Waals surface area contributed by atoms with Gasteiger partial charge in [0.05, 0.1) is 31.2 Å².